The topological polar surface area (TPSA) is 57.2 Å². The van der Waals surface area contributed by atoms with E-state index in [9.17, 15) is 4.79 Å². The Kier molecular flexibility index (Phi) is 7.91. The number of carbonyl (C=O) groups excluding carboxylic acids is 1. The highest BCUT2D eigenvalue weighted by atomic mass is 16.5. The summed E-state index contributed by atoms with van der Waals surface area (Å²) in [6, 6.07) is 10.5. The molecule has 0 radical (unpaired) electrons. The third-order valence-corrected chi connectivity index (χ3v) is 4.92. The maximum absolute atomic E-state index is 11.9. The van der Waals surface area contributed by atoms with Crippen LogP contribution in [-0.4, -0.2) is 69.1 Å². The fourth-order valence-electron chi connectivity index (χ4n) is 3.45. The molecule has 1 aliphatic heterocycles. The third-order valence-electron chi connectivity index (χ3n) is 4.92. The second kappa shape index (κ2) is 10.2. The molecular formula is C20H32N4O2. The van der Waals surface area contributed by atoms with E-state index in [1.54, 1.807) is 7.05 Å². The molecule has 0 spiro atoms. The number of benzene rings is 1. The zero-order valence-electron chi connectivity index (χ0n) is 16.4. The molecule has 6 nitrogen and oxygen atoms in total. The van der Waals surface area contributed by atoms with E-state index < -0.39 is 0 Å². The van der Waals surface area contributed by atoms with Gasteiger partial charge in [-0.05, 0) is 31.5 Å². The van der Waals surface area contributed by atoms with Gasteiger partial charge in [-0.3, -0.25) is 9.79 Å². The van der Waals surface area contributed by atoms with Gasteiger partial charge in [0.1, 0.15) is 0 Å². The van der Waals surface area contributed by atoms with Crippen molar-refractivity contribution >= 4 is 11.9 Å². The molecule has 26 heavy (non-hydrogen) atoms. The number of guanidine groups is 1. The first-order chi connectivity index (χ1) is 12.5. The van der Waals surface area contributed by atoms with Crippen molar-refractivity contribution in [3.05, 3.63) is 35.9 Å². The van der Waals surface area contributed by atoms with Crippen LogP contribution in [0.5, 0.6) is 0 Å². The molecule has 1 fully saturated rings. The van der Waals surface area contributed by atoms with Gasteiger partial charge in [0.05, 0.1) is 13.0 Å². The van der Waals surface area contributed by atoms with E-state index in [0.717, 1.165) is 38.6 Å². The fourth-order valence-corrected chi connectivity index (χ4v) is 3.45. The van der Waals surface area contributed by atoms with Gasteiger partial charge in [-0.1, -0.05) is 37.3 Å². The molecule has 0 aromatic heterocycles. The molecule has 0 aliphatic carbocycles. The standard InChI is InChI=1S/C20H32N4O2/c1-16-13-24(15-18(16)19(25)26-4)20(21-2)22-11-8-12-23(3)14-17-9-6-5-7-10-17/h5-7,9-10,16,18H,8,11-15H2,1-4H3,(H,21,22). The Hall–Kier alpha value is -2.08. The van der Waals surface area contributed by atoms with Gasteiger partial charge < -0.3 is 19.9 Å². The Balaban J connectivity index is 1.71. The molecule has 2 atom stereocenters. The lowest BCUT2D eigenvalue weighted by Crippen LogP contribution is -2.41. The quantitative estimate of drug-likeness (QED) is 0.348. The summed E-state index contributed by atoms with van der Waals surface area (Å²) < 4.78 is 4.91. The molecule has 2 unspecified atom stereocenters. The summed E-state index contributed by atoms with van der Waals surface area (Å²) in [5.74, 6) is 0.945. The van der Waals surface area contributed by atoms with Gasteiger partial charge in [-0.2, -0.15) is 0 Å². The van der Waals surface area contributed by atoms with Gasteiger partial charge >= 0.3 is 5.97 Å². The molecular weight excluding hydrogens is 328 g/mol. The van der Waals surface area contributed by atoms with Crippen LogP contribution in [0, 0.1) is 11.8 Å². The van der Waals surface area contributed by atoms with E-state index in [1.165, 1.54) is 12.7 Å². The number of aliphatic imine (C=N–C) groups is 1. The van der Waals surface area contributed by atoms with E-state index in [-0.39, 0.29) is 17.8 Å². The number of likely N-dealkylation sites (tertiary alicyclic amines) is 1. The number of nitrogens with zero attached hydrogens (tertiary/aromatic N) is 3. The highest BCUT2D eigenvalue weighted by molar-refractivity contribution is 5.82. The number of hydrogen-bond acceptors (Lipinski definition) is 4. The third kappa shape index (κ3) is 5.73. The van der Waals surface area contributed by atoms with Gasteiger partial charge in [0.15, 0.2) is 5.96 Å². The molecule has 6 heteroatoms. The van der Waals surface area contributed by atoms with Crippen LogP contribution < -0.4 is 5.32 Å². The van der Waals surface area contributed by atoms with Crippen molar-refractivity contribution in [1.82, 2.24) is 15.1 Å². The van der Waals surface area contributed by atoms with Crippen molar-refractivity contribution in [2.75, 3.05) is 47.4 Å². The van der Waals surface area contributed by atoms with Gasteiger partial charge in [0.25, 0.3) is 0 Å². The fraction of sp³-hybridized carbons (Fsp3) is 0.600. The summed E-state index contributed by atoms with van der Waals surface area (Å²) in [6.45, 7) is 6.42. The van der Waals surface area contributed by atoms with Crippen LogP contribution in [0.2, 0.25) is 0 Å². The monoisotopic (exact) mass is 360 g/mol. The number of ether oxygens (including phenoxy) is 1. The zero-order chi connectivity index (χ0) is 18.9. The second-order valence-electron chi connectivity index (χ2n) is 7.06. The predicted octanol–water partition coefficient (Wildman–Crippen LogP) is 1.82. The number of esters is 1. The lowest BCUT2D eigenvalue weighted by Gasteiger charge is -2.22. The molecule has 144 valence electrons. The maximum Gasteiger partial charge on any atom is 0.310 e. The molecule has 1 saturated heterocycles. The highest BCUT2D eigenvalue weighted by Crippen LogP contribution is 2.24. The van der Waals surface area contributed by atoms with Crippen molar-refractivity contribution in [3.8, 4) is 0 Å². The summed E-state index contributed by atoms with van der Waals surface area (Å²) in [7, 11) is 5.39. The zero-order valence-corrected chi connectivity index (χ0v) is 16.4. The average molecular weight is 361 g/mol. The molecule has 0 bridgehead atoms. The lowest BCUT2D eigenvalue weighted by atomic mass is 9.99. The largest absolute Gasteiger partial charge is 0.469 e. The summed E-state index contributed by atoms with van der Waals surface area (Å²) in [5.41, 5.74) is 1.33. The minimum atomic E-state index is -0.127. The van der Waals surface area contributed by atoms with Gasteiger partial charge in [-0.25, -0.2) is 0 Å². The Morgan fingerprint density at radius 2 is 2.08 bits per heavy atom. The number of methoxy groups -OCH3 is 1. The molecule has 1 aliphatic rings. The van der Waals surface area contributed by atoms with Crippen molar-refractivity contribution in [3.63, 3.8) is 0 Å². The van der Waals surface area contributed by atoms with E-state index in [1.807, 2.05) is 6.07 Å². The van der Waals surface area contributed by atoms with Gasteiger partial charge in [0.2, 0.25) is 0 Å². The first-order valence-electron chi connectivity index (χ1n) is 9.31. The summed E-state index contributed by atoms with van der Waals surface area (Å²) in [5, 5.41) is 3.43. The van der Waals surface area contributed by atoms with E-state index in [4.69, 9.17) is 4.74 Å². The second-order valence-corrected chi connectivity index (χ2v) is 7.06. The first-order valence-corrected chi connectivity index (χ1v) is 9.31. The van der Waals surface area contributed by atoms with Crippen molar-refractivity contribution in [1.29, 1.82) is 0 Å². The van der Waals surface area contributed by atoms with E-state index >= 15 is 0 Å². The molecule has 0 amide bonds. The summed E-state index contributed by atoms with van der Waals surface area (Å²) in [4.78, 5) is 20.7. The minimum Gasteiger partial charge on any atom is -0.469 e. The van der Waals surface area contributed by atoms with E-state index in [2.05, 4.69) is 58.3 Å². The lowest BCUT2D eigenvalue weighted by molar-refractivity contribution is -0.145. The van der Waals surface area contributed by atoms with Crippen LogP contribution in [0.25, 0.3) is 0 Å². The van der Waals surface area contributed by atoms with E-state index in [0.29, 0.717) is 6.54 Å². The van der Waals surface area contributed by atoms with Gasteiger partial charge in [-0.15, -0.1) is 0 Å². The van der Waals surface area contributed by atoms with Crippen LogP contribution in [-0.2, 0) is 16.1 Å². The molecule has 1 aromatic rings. The molecule has 2 rings (SSSR count). The summed E-state index contributed by atoms with van der Waals surface area (Å²) >= 11 is 0. The number of nitrogens with one attached hydrogen (secondary N) is 1. The first kappa shape index (κ1) is 20.2. The molecule has 1 heterocycles. The van der Waals surface area contributed by atoms with Crippen LogP contribution in [0.4, 0.5) is 0 Å². The summed E-state index contributed by atoms with van der Waals surface area (Å²) in [6.07, 6.45) is 1.03. The Bertz CT molecular complexity index is 591. The van der Waals surface area contributed by atoms with Crippen LogP contribution in [0.3, 0.4) is 0 Å². The molecule has 1 aromatic carbocycles. The van der Waals surface area contributed by atoms with Gasteiger partial charge in [0, 0.05) is 33.2 Å². The predicted molar refractivity (Wildman–Crippen MR) is 105 cm³/mol. The van der Waals surface area contributed by atoms with Crippen LogP contribution in [0.1, 0.15) is 18.9 Å². The average Bonchev–Trinajstić information content (AvgIpc) is 3.03. The Morgan fingerprint density at radius 1 is 1.35 bits per heavy atom. The van der Waals surface area contributed by atoms with Crippen LogP contribution >= 0.6 is 0 Å². The smallest absolute Gasteiger partial charge is 0.310 e. The van der Waals surface area contributed by atoms with Crippen molar-refractivity contribution in [2.24, 2.45) is 16.8 Å². The molecule has 1 N–H and O–H groups in total. The van der Waals surface area contributed by atoms with Crippen molar-refractivity contribution in [2.45, 2.75) is 19.9 Å². The Morgan fingerprint density at radius 3 is 2.73 bits per heavy atom. The maximum atomic E-state index is 11.9. The Labute approximate surface area is 157 Å². The van der Waals surface area contributed by atoms with Crippen LogP contribution in [0.15, 0.2) is 35.3 Å². The SMILES string of the molecule is CN=C(NCCCN(C)Cc1ccccc1)N1CC(C)C(C(=O)OC)C1. The number of carbonyl (C=O) groups is 1. The number of hydrogen-bond donors (Lipinski definition) is 1. The minimum absolute atomic E-state index is 0.0736. The normalized spacial score (nSPS) is 20.5. The van der Waals surface area contributed by atoms with Crippen molar-refractivity contribution < 1.29 is 9.53 Å². The number of rotatable bonds is 7. The highest BCUT2D eigenvalue weighted by Gasteiger charge is 2.36. The molecule has 0 saturated carbocycles.